The van der Waals surface area contributed by atoms with Crippen LogP contribution in [0.3, 0.4) is 0 Å². The summed E-state index contributed by atoms with van der Waals surface area (Å²) >= 11 is 3.47. The Morgan fingerprint density at radius 1 is 1.12 bits per heavy atom. The molecule has 1 N–H and O–H groups in total. The lowest BCUT2D eigenvalue weighted by Gasteiger charge is -2.22. The van der Waals surface area contributed by atoms with Gasteiger partial charge in [-0.05, 0) is 86.0 Å². The third kappa shape index (κ3) is 4.81. The minimum atomic E-state index is -3.72. The Bertz CT molecular complexity index is 1260. The second-order valence-electron chi connectivity index (χ2n) is 7.82. The van der Waals surface area contributed by atoms with E-state index in [9.17, 15) is 13.2 Å². The molecule has 0 spiro atoms. The van der Waals surface area contributed by atoms with Gasteiger partial charge in [-0.25, -0.2) is 8.42 Å². The van der Waals surface area contributed by atoms with Crippen LogP contribution in [0.5, 0.6) is 5.75 Å². The first-order chi connectivity index (χ1) is 15.2. The monoisotopic (exact) mass is 514 g/mol. The number of carbonyl (C=O) groups excluding carboxylic acids is 1. The number of fused-ring (bicyclic) bond motifs is 1. The number of rotatable bonds is 6. The summed E-state index contributed by atoms with van der Waals surface area (Å²) in [5.74, 6) is 0.284. The number of aryl methyl sites for hydroxylation is 1. The summed E-state index contributed by atoms with van der Waals surface area (Å²) in [6, 6.07) is 19.1. The maximum atomic E-state index is 12.8. The minimum Gasteiger partial charge on any atom is -0.484 e. The van der Waals surface area contributed by atoms with E-state index in [1.807, 2.05) is 38.1 Å². The van der Waals surface area contributed by atoms with E-state index < -0.39 is 10.0 Å². The highest BCUT2D eigenvalue weighted by molar-refractivity contribution is 9.10. The fourth-order valence-electron chi connectivity index (χ4n) is 3.83. The lowest BCUT2D eigenvalue weighted by Crippen LogP contribution is -2.39. The van der Waals surface area contributed by atoms with Gasteiger partial charge in [-0.2, -0.15) is 0 Å². The molecule has 3 aromatic rings. The molecule has 0 aliphatic carbocycles. The number of benzene rings is 3. The summed E-state index contributed by atoms with van der Waals surface area (Å²) in [4.78, 5) is 14.7. The Morgan fingerprint density at radius 2 is 1.88 bits per heavy atom. The van der Waals surface area contributed by atoms with Gasteiger partial charge in [-0.15, -0.1) is 0 Å². The highest BCUT2D eigenvalue weighted by Gasteiger charge is 2.31. The van der Waals surface area contributed by atoms with Gasteiger partial charge in [-0.1, -0.05) is 28.1 Å². The third-order valence-electron chi connectivity index (χ3n) is 5.29. The third-order valence-corrected chi connectivity index (χ3v) is 7.18. The van der Waals surface area contributed by atoms with Crippen molar-refractivity contribution in [2.75, 3.05) is 16.2 Å². The van der Waals surface area contributed by atoms with Crippen LogP contribution in [-0.2, 0) is 21.2 Å². The van der Waals surface area contributed by atoms with Crippen LogP contribution in [-0.4, -0.2) is 27.0 Å². The first-order valence-corrected chi connectivity index (χ1v) is 12.4. The zero-order chi connectivity index (χ0) is 22.9. The van der Waals surface area contributed by atoms with Crippen LogP contribution in [0.2, 0.25) is 0 Å². The molecule has 0 aromatic heterocycles. The van der Waals surface area contributed by atoms with Gasteiger partial charge >= 0.3 is 0 Å². The maximum absolute atomic E-state index is 12.8. The van der Waals surface area contributed by atoms with E-state index in [4.69, 9.17) is 4.74 Å². The number of amides is 1. The summed E-state index contributed by atoms with van der Waals surface area (Å²) in [5.41, 5.74) is 3.48. The molecule has 0 saturated carbocycles. The second-order valence-corrected chi connectivity index (χ2v) is 10.4. The molecule has 1 heterocycles. The Labute approximate surface area is 196 Å². The predicted molar refractivity (Wildman–Crippen MR) is 129 cm³/mol. The van der Waals surface area contributed by atoms with Gasteiger partial charge in [-0.3, -0.25) is 9.52 Å². The Hall–Kier alpha value is -2.84. The number of nitrogens with zero attached hydrogens (tertiary/aromatic N) is 1. The van der Waals surface area contributed by atoms with E-state index in [1.54, 1.807) is 35.2 Å². The number of hydrogen-bond acceptors (Lipinski definition) is 4. The molecular weight excluding hydrogens is 492 g/mol. The molecule has 6 nitrogen and oxygen atoms in total. The summed E-state index contributed by atoms with van der Waals surface area (Å²) < 4.78 is 34.5. The summed E-state index contributed by atoms with van der Waals surface area (Å²) in [5, 5.41) is 0. The molecule has 166 valence electrons. The lowest BCUT2D eigenvalue weighted by molar-refractivity contribution is -0.120. The molecular formula is C24H23BrN2O4S. The topological polar surface area (TPSA) is 75.7 Å². The molecule has 0 radical (unpaired) electrons. The average molecular weight is 515 g/mol. The molecule has 0 unspecified atom stereocenters. The molecule has 1 atom stereocenters. The van der Waals surface area contributed by atoms with E-state index in [0.29, 0.717) is 11.4 Å². The van der Waals surface area contributed by atoms with Crippen molar-refractivity contribution in [2.45, 2.75) is 31.2 Å². The van der Waals surface area contributed by atoms with Crippen LogP contribution in [0.25, 0.3) is 0 Å². The predicted octanol–water partition coefficient (Wildman–Crippen LogP) is 4.91. The Kier molecular flexibility index (Phi) is 6.26. The highest BCUT2D eigenvalue weighted by Crippen LogP contribution is 2.34. The minimum absolute atomic E-state index is 0.0515. The summed E-state index contributed by atoms with van der Waals surface area (Å²) in [6.45, 7) is 3.77. The molecule has 0 saturated heterocycles. The SMILES string of the molecule is Cc1cccc(NS(=O)(=O)c2ccc(OCC(=O)N3c4ccc(Br)cc4C[C@@H]3C)cc2)c1. The molecule has 1 aliphatic heterocycles. The molecule has 0 bridgehead atoms. The summed E-state index contributed by atoms with van der Waals surface area (Å²) in [7, 11) is -3.72. The number of hydrogen-bond donors (Lipinski definition) is 1. The normalized spacial score (nSPS) is 15.3. The maximum Gasteiger partial charge on any atom is 0.265 e. The number of carbonyl (C=O) groups is 1. The van der Waals surface area contributed by atoms with E-state index in [1.165, 1.54) is 12.1 Å². The van der Waals surface area contributed by atoms with Crippen LogP contribution < -0.4 is 14.4 Å². The van der Waals surface area contributed by atoms with Crippen LogP contribution in [0, 0.1) is 6.92 Å². The van der Waals surface area contributed by atoms with Crippen molar-refractivity contribution in [1.29, 1.82) is 0 Å². The Balaban J connectivity index is 1.41. The van der Waals surface area contributed by atoms with Gasteiger partial charge in [0.05, 0.1) is 4.90 Å². The molecule has 1 aliphatic rings. The van der Waals surface area contributed by atoms with Crippen molar-refractivity contribution < 1.29 is 17.9 Å². The quantitative estimate of drug-likeness (QED) is 0.506. The van der Waals surface area contributed by atoms with Gasteiger partial charge in [0.2, 0.25) is 0 Å². The van der Waals surface area contributed by atoms with Crippen LogP contribution >= 0.6 is 15.9 Å². The fraction of sp³-hybridized carbons (Fsp3) is 0.208. The van der Waals surface area contributed by atoms with Crippen molar-refractivity contribution in [2.24, 2.45) is 0 Å². The van der Waals surface area contributed by atoms with Crippen LogP contribution in [0.15, 0.2) is 76.1 Å². The summed E-state index contributed by atoms with van der Waals surface area (Å²) in [6.07, 6.45) is 0.793. The number of nitrogens with one attached hydrogen (secondary N) is 1. The number of sulfonamides is 1. The number of anilines is 2. The highest BCUT2D eigenvalue weighted by atomic mass is 79.9. The molecule has 0 fully saturated rings. The first kappa shape index (κ1) is 22.4. The zero-order valence-electron chi connectivity index (χ0n) is 17.7. The van der Waals surface area contributed by atoms with E-state index >= 15 is 0 Å². The van der Waals surface area contributed by atoms with Crippen molar-refractivity contribution in [1.82, 2.24) is 0 Å². The Morgan fingerprint density at radius 3 is 2.59 bits per heavy atom. The molecule has 4 rings (SSSR count). The van der Waals surface area contributed by atoms with Crippen LogP contribution in [0.1, 0.15) is 18.1 Å². The zero-order valence-corrected chi connectivity index (χ0v) is 20.1. The van der Waals surface area contributed by atoms with E-state index in [0.717, 1.165) is 27.7 Å². The van der Waals surface area contributed by atoms with Gasteiger partial charge in [0.25, 0.3) is 15.9 Å². The molecule has 8 heteroatoms. The van der Waals surface area contributed by atoms with Crippen molar-refractivity contribution in [3.63, 3.8) is 0 Å². The van der Waals surface area contributed by atoms with Crippen LogP contribution in [0.4, 0.5) is 11.4 Å². The van der Waals surface area contributed by atoms with E-state index in [2.05, 4.69) is 20.7 Å². The largest absolute Gasteiger partial charge is 0.484 e. The van der Waals surface area contributed by atoms with E-state index in [-0.39, 0.29) is 23.5 Å². The van der Waals surface area contributed by atoms with Gasteiger partial charge in [0.1, 0.15) is 5.75 Å². The number of ether oxygens (including phenoxy) is 1. The van der Waals surface area contributed by atoms with Crippen molar-refractivity contribution >= 4 is 43.2 Å². The van der Waals surface area contributed by atoms with Crippen molar-refractivity contribution in [3.05, 3.63) is 82.3 Å². The van der Waals surface area contributed by atoms with Gasteiger partial charge < -0.3 is 9.64 Å². The smallest absolute Gasteiger partial charge is 0.265 e. The average Bonchev–Trinajstić information content (AvgIpc) is 3.06. The van der Waals surface area contributed by atoms with Gasteiger partial charge in [0.15, 0.2) is 6.61 Å². The molecule has 1 amide bonds. The second kappa shape index (κ2) is 8.96. The lowest BCUT2D eigenvalue weighted by atomic mass is 10.1. The first-order valence-electron chi connectivity index (χ1n) is 10.2. The van der Waals surface area contributed by atoms with Gasteiger partial charge in [0, 0.05) is 21.9 Å². The number of halogens is 1. The molecule has 3 aromatic carbocycles. The standard InChI is InChI=1S/C24H23BrN2O4S/c1-16-4-3-5-20(12-16)26-32(29,30)22-9-7-21(8-10-22)31-15-24(28)27-17(2)13-18-14-19(25)6-11-23(18)27/h3-12,14,17,26H,13,15H2,1-2H3/t17-/m0/s1. The van der Waals surface area contributed by atoms with Crippen molar-refractivity contribution in [3.8, 4) is 5.75 Å². The fourth-order valence-corrected chi connectivity index (χ4v) is 5.29. The molecule has 32 heavy (non-hydrogen) atoms.